The summed E-state index contributed by atoms with van der Waals surface area (Å²) >= 11 is 0. The number of rotatable bonds is 11. The molecule has 3 aromatic heterocycles. The van der Waals surface area contributed by atoms with Gasteiger partial charge >= 0.3 is 11.7 Å². The molecule has 226 valence electrons. The lowest BCUT2D eigenvalue weighted by atomic mass is 9.80. The Morgan fingerprint density at radius 3 is 2.51 bits per heavy atom. The predicted molar refractivity (Wildman–Crippen MR) is 154 cm³/mol. The summed E-state index contributed by atoms with van der Waals surface area (Å²) in [5, 5.41) is 17.8. The first kappa shape index (κ1) is 34.7. The van der Waals surface area contributed by atoms with Crippen molar-refractivity contribution in [3.63, 3.8) is 0 Å². The maximum atomic E-state index is 12.5. The van der Waals surface area contributed by atoms with Gasteiger partial charge < -0.3 is 19.2 Å². The second-order valence-corrected chi connectivity index (χ2v) is 9.51. The molecule has 41 heavy (non-hydrogen) atoms. The molecule has 0 saturated carbocycles. The number of aromatic nitrogens is 4. The van der Waals surface area contributed by atoms with Crippen LogP contribution in [0.4, 0.5) is 5.69 Å². The van der Waals surface area contributed by atoms with Gasteiger partial charge in [-0.05, 0) is 24.3 Å². The number of esters is 1. The molecule has 0 aromatic carbocycles. The first-order valence-corrected chi connectivity index (χ1v) is 13.6. The topological polar surface area (TPSA) is 165 Å². The van der Waals surface area contributed by atoms with Crippen molar-refractivity contribution in [1.29, 1.82) is 0 Å². The Labute approximate surface area is 240 Å². The number of oxazole rings is 1. The monoisotopic (exact) mass is 574 g/mol. The Kier molecular flexibility index (Phi) is 14.2. The van der Waals surface area contributed by atoms with Crippen LogP contribution < -0.4 is 10.1 Å². The number of nitrogens with one attached hydrogen (secondary N) is 1. The molecule has 0 bridgehead atoms. The fourth-order valence-electron chi connectivity index (χ4n) is 3.15. The Bertz CT molecular complexity index is 1270. The molecular formula is C28H42N6O7. The molecule has 1 N–H and O–H groups in total. The van der Waals surface area contributed by atoms with E-state index in [1.807, 2.05) is 34.6 Å². The Balaban J connectivity index is 0.00000157. The Hall–Kier alpha value is -4.29. The van der Waals surface area contributed by atoms with Crippen LogP contribution in [0.15, 0.2) is 35.3 Å². The van der Waals surface area contributed by atoms with E-state index in [9.17, 15) is 19.7 Å². The quantitative estimate of drug-likeness (QED) is 0.176. The molecule has 3 rings (SSSR count). The molecule has 0 saturated heterocycles. The average molecular weight is 575 g/mol. The van der Waals surface area contributed by atoms with Gasteiger partial charge in [-0.25, -0.2) is 9.78 Å². The number of hydrogen-bond acceptors (Lipinski definition) is 10. The smallest absolute Gasteiger partial charge is 0.360 e. The van der Waals surface area contributed by atoms with E-state index in [0.717, 1.165) is 0 Å². The number of nitrogens with zero attached hydrogens (tertiary/aromatic N) is 5. The van der Waals surface area contributed by atoms with E-state index < -0.39 is 22.2 Å². The number of aryl methyl sites for hydroxylation is 1. The third kappa shape index (κ3) is 10.00. The van der Waals surface area contributed by atoms with E-state index in [1.54, 1.807) is 19.2 Å². The van der Waals surface area contributed by atoms with Crippen LogP contribution in [0.25, 0.3) is 11.5 Å². The molecule has 0 aliphatic rings. The molecule has 0 fully saturated rings. The minimum absolute atomic E-state index is 0.0491. The largest absolute Gasteiger partial charge is 0.491 e. The van der Waals surface area contributed by atoms with Crippen molar-refractivity contribution in [1.82, 2.24) is 25.1 Å². The molecular weight excluding hydrogens is 532 g/mol. The highest BCUT2D eigenvalue weighted by Gasteiger charge is 2.30. The molecule has 0 spiro atoms. The highest BCUT2D eigenvalue weighted by Crippen LogP contribution is 2.31. The van der Waals surface area contributed by atoms with Crippen molar-refractivity contribution in [3.8, 4) is 17.2 Å². The maximum Gasteiger partial charge on any atom is 0.360 e. The number of nitro groups is 1. The zero-order valence-corrected chi connectivity index (χ0v) is 25.4. The van der Waals surface area contributed by atoms with Gasteiger partial charge in [-0.3, -0.25) is 24.6 Å². The summed E-state index contributed by atoms with van der Waals surface area (Å²) in [6.45, 7) is 16.5. The van der Waals surface area contributed by atoms with E-state index in [4.69, 9.17) is 13.9 Å². The van der Waals surface area contributed by atoms with Gasteiger partial charge in [0.05, 0.1) is 29.9 Å². The number of amides is 1. The van der Waals surface area contributed by atoms with E-state index in [2.05, 4.69) is 34.2 Å². The standard InChI is InChI=1S/C23H28N6O7.C3H8.C2H6/c1-6-34-22(31)16-12-36-21(26-16)15-7-8-24-9-18(15)35-11-14(2)23(3,4)13-25-20(30)19-17(29(32)33)10-28(5)27-19;1-3-2;1-2/h7-10,12,14H,6,11,13H2,1-5H3,(H,25,30);3H2,1-2H3;1-2H3. The molecule has 3 aromatic rings. The lowest BCUT2D eigenvalue weighted by Gasteiger charge is -2.31. The van der Waals surface area contributed by atoms with Gasteiger partial charge in [0.25, 0.3) is 5.91 Å². The number of ether oxygens (including phenoxy) is 2. The molecule has 1 atom stereocenters. The van der Waals surface area contributed by atoms with Crippen LogP contribution >= 0.6 is 0 Å². The van der Waals surface area contributed by atoms with Gasteiger partial charge in [0.2, 0.25) is 11.6 Å². The highest BCUT2D eigenvalue weighted by atomic mass is 16.6. The van der Waals surface area contributed by atoms with Gasteiger partial charge in [0, 0.05) is 19.8 Å². The summed E-state index contributed by atoms with van der Waals surface area (Å²) in [5.41, 5.74) is -0.475. The second kappa shape index (κ2) is 16.7. The zero-order valence-electron chi connectivity index (χ0n) is 25.4. The van der Waals surface area contributed by atoms with Crippen molar-refractivity contribution in [3.05, 3.63) is 52.4 Å². The number of hydrogen-bond donors (Lipinski definition) is 1. The summed E-state index contributed by atoms with van der Waals surface area (Å²) in [6.07, 6.45) is 6.73. The third-order valence-electron chi connectivity index (χ3n) is 5.75. The summed E-state index contributed by atoms with van der Waals surface area (Å²) in [5.74, 6) is -0.682. The van der Waals surface area contributed by atoms with Crippen LogP contribution in [0, 0.1) is 21.4 Å². The van der Waals surface area contributed by atoms with Crippen molar-refractivity contribution in [2.45, 2.75) is 61.8 Å². The predicted octanol–water partition coefficient (Wildman–Crippen LogP) is 5.47. The molecule has 1 amide bonds. The molecule has 0 aliphatic heterocycles. The Morgan fingerprint density at radius 1 is 1.24 bits per heavy atom. The van der Waals surface area contributed by atoms with E-state index in [-0.39, 0.29) is 48.6 Å². The van der Waals surface area contributed by atoms with Crippen LogP contribution in [0.2, 0.25) is 0 Å². The molecule has 0 radical (unpaired) electrons. The van der Waals surface area contributed by atoms with Gasteiger partial charge in [-0.2, -0.15) is 5.10 Å². The van der Waals surface area contributed by atoms with E-state index >= 15 is 0 Å². The normalized spacial score (nSPS) is 11.2. The summed E-state index contributed by atoms with van der Waals surface area (Å²) in [7, 11) is 1.51. The summed E-state index contributed by atoms with van der Waals surface area (Å²) in [4.78, 5) is 43.3. The van der Waals surface area contributed by atoms with E-state index in [1.165, 1.54) is 36.8 Å². The molecule has 0 aliphatic carbocycles. The zero-order chi connectivity index (χ0) is 31.2. The fraction of sp³-hybridized carbons (Fsp3) is 0.536. The SMILES string of the molecule is CC.CCC.CCOC(=O)c1coc(-c2ccncc2OCC(C)C(C)(C)CNC(=O)c2nn(C)cc2[N+](=O)[O-])n1. The van der Waals surface area contributed by atoms with Crippen LogP contribution in [-0.2, 0) is 11.8 Å². The van der Waals surface area contributed by atoms with Gasteiger partial charge in [0.1, 0.15) is 18.2 Å². The highest BCUT2D eigenvalue weighted by molar-refractivity contribution is 5.96. The van der Waals surface area contributed by atoms with Gasteiger partial charge in [-0.1, -0.05) is 54.9 Å². The minimum Gasteiger partial charge on any atom is -0.491 e. The summed E-state index contributed by atoms with van der Waals surface area (Å²) < 4.78 is 17.6. The van der Waals surface area contributed by atoms with Crippen LogP contribution in [-0.4, -0.2) is 56.3 Å². The van der Waals surface area contributed by atoms with Gasteiger partial charge in [-0.15, -0.1) is 0 Å². The van der Waals surface area contributed by atoms with E-state index in [0.29, 0.717) is 11.3 Å². The number of carbonyl (C=O) groups excluding carboxylic acids is 2. The lowest BCUT2D eigenvalue weighted by Crippen LogP contribution is -2.40. The lowest BCUT2D eigenvalue weighted by molar-refractivity contribution is -0.385. The molecule has 13 nitrogen and oxygen atoms in total. The van der Waals surface area contributed by atoms with Crippen molar-refractivity contribution in [2.75, 3.05) is 19.8 Å². The summed E-state index contributed by atoms with van der Waals surface area (Å²) in [6, 6.07) is 1.66. The number of pyridine rings is 1. The first-order valence-electron chi connectivity index (χ1n) is 13.6. The fourth-order valence-corrected chi connectivity index (χ4v) is 3.15. The van der Waals surface area contributed by atoms with Gasteiger partial charge in [0.15, 0.2) is 5.69 Å². The first-order chi connectivity index (χ1) is 19.4. The van der Waals surface area contributed by atoms with Crippen molar-refractivity contribution >= 4 is 17.6 Å². The van der Waals surface area contributed by atoms with Crippen molar-refractivity contribution in [2.24, 2.45) is 18.4 Å². The number of carbonyl (C=O) groups is 2. The molecule has 3 heterocycles. The average Bonchev–Trinajstić information content (AvgIpc) is 3.60. The van der Waals surface area contributed by atoms with Crippen molar-refractivity contribution < 1.29 is 28.4 Å². The Morgan fingerprint density at radius 2 is 1.90 bits per heavy atom. The third-order valence-corrected chi connectivity index (χ3v) is 5.75. The van der Waals surface area contributed by atoms with Crippen LogP contribution in [0.1, 0.15) is 82.8 Å². The molecule has 1 unspecified atom stereocenters. The second-order valence-electron chi connectivity index (χ2n) is 9.51. The maximum absolute atomic E-state index is 12.5. The molecule has 13 heteroatoms. The minimum atomic E-state index is -0.640. The van der Waals surface area contributed by atoms with Crippen LogP contribution in [0.5, 0.6) is 5.75 Å². The van der Waals surface area contributed by atoms with Crippen LogP contribution in [0.3, 0.4) is 0 Å².